The fraction of sp³-hybridized carbons (Fsp3) is 0.250. The van der Waals surface area contributed by atoms with E-state index in [0.717, 1.165) is 0 Å². The number of hydrazone groups is 1. The van der Waals surface area contributed by atoms with Crippen molar-refractivity contribution in [1.29, 1.82) is 0 Å². The van der Waals surface area contributed by atoms with Crippen LogP contribution in [0, 0.1) is 0 Å². The third-order valence-electron chi connectivity index (χ3n) is 2.19. The van der Waals surface area contributed by atoms with Crippen molar-refractivity contribution in [2.24, 2.45) is 5.10 Å². The van der Waals surface area contributed by atoms with E-state index < -0.39 is 5.97 Å². The quantitative estimate of drug-likeness (QED) is 0.604. The fourth-order valence-corrected chi connectivity index (χ4v) is 1.23. The standard InChI is InChI=1S/C12H14N2O3/c1-3-11(8(2)15)14-13-10-6-4-9(5-7-10)12(16)17/h4-7,13H,3H2,1-2H3,(H,16,17)/b14-11+. The Morgan fingerprint density at radius 3 is 2.29 bits per heavy atom. The molecule has 0 spiro atoms. The van der Waals surface area contributed by atoms with Gasteiger partial charge in [-0.1, -0.05) is 6.92 Å². The van der Waals surface area contributed by atoms with Crippen LogP contribution in [0.5, 0.6) is 0 Å². The molecule has 1 aromatic rings. The summed E-state index contributed by atoms with van der Waals surface area (Å²) in [5, 5.41) is 12.7. The molecule has 0 amide bonds. The average molecular weight is 234 g/mol. The molecule has 90 valence electrons. The largest absolute Gasteiger partial charge is 0.478 e. The lowest BCUT2D eigenvalue weighted by Crippen LogP contribution is -2.10. The zero-order valence-corrected chi connectivity index (χ0v) is 9.73. The van der Waals surface area contributed by atoms with Gasteiger partial charge in [0.2, 0.25) is 0 Å². The molecule has 0 saturated carbocycles. The summed E-state index contributed by atoms with van der Waals surface area (Å²) in [6, 6.07) is 6.14. The Bertz CT molecular complexity index is 449. The molecule has 2 N–H and O–H groups in total. The monoisotopic (exact) mass is 234 g/mol. The molecule has 0 aliphatic heterocycles. The molecule has 0 saturated heterocycles. The number of carboxylic acid groups (broad SMARTS) is 1. The van der Waals surface area contributed by atoms with Crippen molar-refractivity contribution in [1.82, 2.24) is 0 Å². The van der Waals surface area contributed by atoms with E-state index in [1.807, 2.05) is 6.92 Å². The number of carbonyl (C=O) groups is 2. The van der Waals surface area contributed by atoms with Crippen molar-refractivity contribution in [2.75, 3.05) is 5.43 Å². The number of anilines is 1. The Balaban J connectivity index is 2.76. The Labute approximate surface area is 99.2 Å². The van der Waals surface area contributed by atoms with E-state index in [4.69, 9.17) is 5.11 Å². The first-order valence-corrected chi connectivity index (χ1v) is 5.21. The molecule has 0 heterocycles. The summed E-state index contributed by atoms with van der Waals surface area (Å²) in [4.78, 5) is 21.7. The maximum absolute atomic E-state index is 11.1. The molecule has 0 aromatic heterocycles. The fourth-order valence-electron chi connectivity index (χ4n) is 1.23. The van der Waals surface area contributed by atoms with Crippen LogP contribution in [-0.4, -0.2) is 22.6 Å². The molecule has 0 aliphatic rings. The Morgan fingerprint density at radius 2 is 1.88 bits per heavy atom. The van der Waals surface area contributed by atoms with Crippen molar-refractivity contribution in [2.45, 2.75) is 20.3 Å². The summed E-state index contributed by atoms with van der Waals surface area (Å²) < 4.78 is 0. The summed E-state index contributed by atoms with van der Waals surface area (Å²) in [6.07, 6.45) is 0.551. The van der Waals surface area contributed by atoms with Gasteiger partial charge in [-0.2, -0.15) is 5.10 Å². The van der Waals surface area contributed by atoms with E-state index in [2.05, 4.69) is 10.5 Å². The highest BCUT2D eigenvalue weighted by Gasteiger charge is 2.03. The van der Waals surface area contributed by atoms with E-state index in [0.29, 0.717) is 17.8 Å². The predicted octanol–water partition coefficient (Wildman–Crippen LogP) is 2.15. The number of carbonyl (C=O) groups excluding carboxylic acids is 1. The lowest BCUT2D eigenvalue weighted by molar-refractivity contribution is -0.111. The van der Waals surface area contributed by atoms with Gasteiger partial charge in [-0.05, 0) is 30.7 Å². The van der Waals surface area contributed by atoms with Crippen LogP contribution >= 0.6 is 0 Å². The molecule has 1 aromatic carbocycles. The second-order valence-electron chi connectivity index (χ2n) is 3.46. The van der Waals surface area contributed by atoms with E-state index in [-0.39, 0.29) is 11.3 Å². The second-order valence-corrected chi connectivity index (χ2v) is 3.46. The number of hydrogen-bond donors (Lipinski definition) is 2. The molecular weight excluding hydrogens is 220 g/mol. The number of ketones is 1. The maximum atomic E-state index is 11.1. The van der Waals surface area contributed by atoms with Crippen LogP contribution in [0.2, 0.25) is 0 Å². The van der Waals surface area contributed by atoms with E-state index in [1.165, 1.54) is 19.1 Å². The topological polar surface area (TPSA) is 78.8 Å². The van der Waals surface area contributed by atoms with Gasteiger partial charge in [-0.15, -0.1) is 0 Å². The number of nitrogens with zero attached hydrogens (tertiary/aromatic N) is 1. The number of Topliss-reactive ketones (excluding diaryl/α,β-unsaturated/α-hetero) is 1. The van der Waals surface area contributed by atoms with Gasteiger partial charge in [-0.25, -0.2) is 4.79 Å². The number of hydrogen-bond acceptors (Lipinski definition) is 4. The molecule has 0 bridgehead atoms. The van der Waals surface area contributed by atoms with Gasteiger partial charge in [0.05, 0.1) is 11.3 Å². The number of benzene rings is 1. The van der Waals surface area contributed by atoms with Gasteiger partial charge >= 0.3 is 5.97 Å². The summed E-state index contributed by atoms with van der Waals surface area (Å²) in [7, 11) is 0. The summed E-state index contributed by atoms with van der Waals surface area (Å²) in [5.74, 6) is -1.06. The molecule has 5 heteroatoms. The Kier molecular flexibility index (Phi) is 4.39. The van der Waals surface area contributed by atoms with Crippen LogP contribution in [0.25, 0.3) is 0 Å². The van der Waals surface area contributed by atoms with Crippen LogP contribution in [0.1, 0.15) is 30.6 Å². The van der Waals surface area contributed by atoms with Gasteiger partial charge < -0.3 is 5.11 Å². The second kappa shape index (κ2) is 5.79. The van der Waals surface area contributed by atoms with Crippen molar-refractivity contribution in [3.63, 3.8) is 0 Å². The average Bonchev–Trinajstić information content (AvgIpc) is 2.30. The van der Waals surface area contributed by atoms with Crippen LogP contribution in [0.4, 0.5) is 5.69 Å². The molecule has 1 rings (SSSR count). The first kappa shape index (κ1) is 12.9. The van der Waals surface area contributed by atoms with Crippen LogP contribution in [0.15, 0.2) is 29.4 Å². The van der Waals surface area contributed by atoms with Gasteiger partial charge in [0, 0.05) is 6.92 Å². The molecule has 0 aliphatic carbocycles. The van der Waals surface area contributed by atoms with E-state index in [9.17, 15) is 9.59 Å². The first-order valence-electron chi connectivity index (χ1n) is 5.21. The normalized spacial score (nSPS) is 11.1. The molecule has 0 radical (unpaired) electrons. The van der Waals surface area contributed by atoms with E-state index in [1.54, 1.807) is 12.1 Å². The molecular formula is C12H14N2O3. The number of carboxylic acids is 1. The highest BCUT2D eigenvalue weighted by molar-refractivity contribution is 6.38. The molecule has 17 heavy (non-hydrogen) atoms. The van der Waals surface area contributed by atoms with Crippen LogP contribution < -0.4 is 5.43 Å². The van der Waals surface area contributed by atoms with Gasteiger partial charge in [0.25, 0.3) is 0 Å². The Morgan fingerprint density at radius 1 is 1.29 bits per heavy atom. The Hall–Kier alpha value is -2.17. The zero-order valence-electron chi connectivity index (χ0n) is 9.73. The van der Waals surface area contributed by atoms with Crippen LogP contribution in [0.3, 0.4) is 0 Å². The van der Waals surface area contributed by atoms with Crippen molar-refractivity contribution < 1.29 is 14.7 Å². The molecule has 5 nitrogen and oxygen atoms in total. The van der Waals surface area contributed by atoms with Crippen molar-refractivity contribution in [3.05, 3.63) is 29.8 Å². The predicted molar refractivity (Wildman–Crippen MR) is 65.4 cm³/mol. The van der Waals surface area contributed by atoms with Crippen molar-refractivity contribution >= 4 is 23.2 Å². The smallest absolute Gasteiger partial charge is 0.335 e. The van der Waals surface area contributed by atoms with Crippen molar-refractivity contribution in [3.8, 4) is 0 Å². The number of nitrogens with one attached hydrogen (secondary N) is 1. The van der Waals surface area contributed by atoms with E-state index >= 15 is 0 Å². The highest BCUT2D eigenvalue weighted by atomic mass is 16.4. The maximum Gasteiger partial charge on any atom is 0.335 e. The minimum Gasteiger partial charge on any atom is -0.478 e. The minimum absolute atomic E-state index is 0.0813. The number of rotatable bonds is 5. The van der Waals surface area contributed by atoms with Gasteiger partial charge in [0.15, 0.2) is 5.78 Å². The summed E-state index contributed by atoms with van der Waals surface area (Å²) in [6.45, 7) is 3.30. The summed E-state index contributed by atoms with van der Waals surface area (Å²) >= 11 is 0. The zero-order chi connectivity index (χ0) is 12.8. The van der Waals surface area contributed by atoms with Gasteiger partial charge in [0.1, 0.15) is 5.71 Å². The lowest BCUT2D eigenvalue weighted by atomic mass is 10.2. The molecule has 0 unspecified atom stereocenters. The SMILES string of the molecule is CC/C(=N\Nc1ccc(C(=O)O)cc1)C(C)=O. The molecule has 0 fully saturated rings. The third-order valence-corrected chi connectivity index (χ3v) is 2.19. The lowest BCUT2D eigenvalue weighted by Gasteiger charge is -2.03. The third kappa shape index (κ3) is 3.71. The highest BCUT2D eigenvalue weighted by Crippen LogP contribution is 2.09. The molecule has 0 atom stereocenters. The minimum atomic E-state index is -0.974. The van der Waals surface area contributed by atoms with Gasteiger partial charge in [-0.3, -0.25) is 10.2 Å². The summed E-state index contributed by atoms with van der Waals surface area (Å²) in [5.41, 5.74) is 4.02. The number of aromatic carboxylic acids is 1. The van der Waals surface area contributed by atoms with Crippen LogP contribution in [-0.2, 0) is 4.79 Å². The first-order chi connectivity index (χ1) is 8.04.